The van der Waals surface area contributed by atoms with Crippen LogP contribution < -0.4 is 5.32 Å². The van der Waals surface area contributed by atoms with Crippen LogP contribution in [0.5, 0.6) is 0 Å². The highest BCUT2D eigenvalue weighted by molar-refractivity contribution is 5.78. The molecule has 4 nitrogen and oxygen atoms in total. The Hall–Kier alpha value is -3.08. The van der Waals surface area contributed by atoms with Crippen LogP contribution in [0.15, 0.2) is 60.9 Å². The van der Waals surface area contributed by atoms with E-state index in [0.29, 0.717) is 24.4 Å². The molecule has 1 amide bonds. The van der Waals surface area contributed by atoms with Gasteiger partial charge in [-0.15, -0.1) is 0 Å². The van der Waals surface area contributed by atoms with Crippen LogP contribution in [0.3, 0.4) is 0 Å². The Labute approximate surface area is 145 Å². The molecule has 0 aliphatic rings. The van der Waals surface area contributed by atoms with Gasteiger partial charge in [-0.2, -0.15) is 0 Å². The summed E-state index contributed by atoms with van der Waals surface area (Å²) in [7, 11) is 0. The van der Waals surface area contributed by atoms with E-state index in [9.17, 15) is 9.18 Å². The number of amides is 1. The molecule has 0 saturated carbocycles. The van der Waals surface area contributed by atoms with Crippen LogP contribution >= 0.6 is 0 Å². The SMILES string of the molecule is Cc1ccc(CC(=O)NCc2cc(-c3ccc(F)cc3)ncn2)cc1. The van der Waals surface area contributed by atoms with Gasteiger partial charge in [0.25, 0.3) is 0 Å². The number of carbonyl (C=O) groups excluding carboxylic acids is 1. The summed E-state index contributed by atoms with van der Waals surface area (Å²) in [6.45, 7) is 2.33. The van der Waals surface area contributed by atoms with E-state index in [4.69, 9.17) is 0 Å². The minimum absolute atomic E-state index is 0.0641. The second kappa shape index (κ2) is 7.66. The molecule has 0 bridgehead atoms. The molecule has 0 spiro atoms. The third-order valence-electron chi connectivity index (χ3n) is 3.82. The molecule has 0 radical (unpaired) electrons. The van der Waals surface area contributed by atoms with E-state index in [1.54, 1.807) is 18.2 Å². The summed E-state index contributed by atoms with van der Waals surface area (Å²) >= 11 is 0. The molecule has 0 saturated heterocycles. The molecule has 0 aliphatic heterocycles. The predicted molar refractivity (Wildman–Crippen MR) is 94.2 cm³/mol. The zero-order valence-electron chi connectivity index (χ0n) is 13.9. The fourth-order valence-electron chi connectivity index (χ4n) is 2.42. The quantitative estimate of drug-likeness (QED) is 0.777. The molecule has 2 aromatic carbocycles. The molecule has 1 N–H and O–H groups in total. The van der Waals surface area contributed by atoms with E-state index in [0.717, 1.165) is 11.1 Å². The number of halogens is 1. The Morgan fingerprint density at radius 3 is 2.48 bits per heavy atom. The Morgan fingerprint density at radius 2 is 1.76 bits per heavy atom. The van der Waals surface area contributed by atoms with E-state index in [-0.39, 0.29) is 11.7 Å². The topological polar surface area (TPSA) is 54.9 Å². The standard InChI is InChI=1S/C20H18FN3O/c1-14-2-4-15(5-3-14)10-20(25)22-12-18-11-19(24-13-23-18)16-6-8-17(21)9-7-16/h2-9,11,13H,10,12H2,1H3,(H,22,25). The minimum Gasteiger partial charge on any atom is -0.350 e. The molecule has 126 valence electrons. The number of aryl methyl sites for hydroxylation is 1. The van der Waals surface area contributed by atoms with Gasteiger partial charge in [-0.05, 0) is 42.8 Å². The van der Waals surface area contributed by atoms with Crippen LogP contribution in [0.4, 0.5) is 4.39 Å². The van der Waals surface area contributed by atoms with E-state index in [1.807, 2.05) is 31.2 Å². The highest BCUT2D eigenvalue weighted by Crippen LogP contribution is 2.17. The summed E-state index contributed by atoms with van der Waals surface area (Å²) < 4.78 is 13.0. The molecule has 0 unspecified atom stereocenters. The lowest BCUT2D eigenvalue weighted by atomic mass is 10.1. The number of rotatable bonds is 5. The average molecular weight is 335 g/mol. The number of hydrogen-bond donors (Lipinski definition) is 1. The molecule has 0 aliphatic carbocycles. The summed E-state index contributed by atoms with van der Waals surface area (Å²) in [6.07, 6.45) is 1.77. The Balaban J connectivity index is 1.61. The maximum atomic E-state index is 13.0. The van der Waals surface area contributed by atoms with E-state index >= 15 is 0 Å². The third kappa shape index (κ3) is 4.70. The van der Waals surface area contributed by atoms with Crippen molar-refractivity contribution in [2.75, 3.05) is 0 Å². The summed E-state index contributed by atoms with van der Waals surface area (Å²) in [5.74, 6) is -0.354. The zero-order valence-corrected chi connectivity index (χ0v) is 13.9. The first-order valence-corrected chi connectivity index (χ1v) is 7.99. The maximum absolute atomic E-state index is 13.0. The Bertz CT molecular complexity index is 861. The molecule has 0 atom stereocenters. The molecular weight excluding hydrogens is 317 g/mol. The van der Waals surface area contributed by atoms with Gasteiger partial charge in [0.2, 0.25) is 5.91 Å². The summed E-state index contributed by atoms with van der Waals surface area (Å²) in [6, 6.07) is 15.8. The van der Waals surface area contributed by atoms with Crippen LogP contribution in [0.1, 0.15) is 16.8 Å². The molecule has 3 rings (SSSR count). The molecule has 3 aromatic rings. The number of benzene rings is 2. The first-order chi connectivity index (χ1) is 12.1. The largest absolute Gasteiger partial charge is 0.350 e. The van der Waals surface area contributed by atoms with Crippen LogP contribution in [0.25, 0.3) is 11.3 Å². The fraction of sp³-hybridized carbons (Fsp3) is 0.150. The van der Waals surface area contributed by atoms with Crippen molar-refractivity contribution in [2.24, 2.45) is 0 Å². The molecular formula is C20H18FN3O. The van der Waals surface area contributed by atoms with Crippen molar-refractivity contribution in [1.82, 2.24) is 15.3 Å². The lowest BCUT2D eigenvalue weighted by molar-refractivity contribution is -0.120. The number of nitrogens with zero attached hydrogens (tertiary/aromatic N) is 2. The minimum atomic E-state index is -0.290. The predicted octanol–water partition coefficient (Wildman–Crippen LogP) is 3.45. The van der Waals surface area contributed by atoms with Crippen LogP contribution in [0.2, 0.25) is 0 Å². The van der Waals surface area contributed by atoms with Crippen molar-refractivity contribution < 1.29 is 9.18 Å². The second-order valence-corrected chi connectivity index (χ2v) is 5.84. The van der Waals surface area contributed by atoms with Gasteiger partial charge in [0, 0.05) is 5.56 Å². The highest BCUT2D eigenvalue weighted by atomic mass is 19.1. The first kappa shape index (κ1) is 16.8. The smallest absolute Gasteiger partial charge is 0.224 e. The summed E-state index contributed by atoms with van der Waals surface area (Å²) in [5, 5.41) is 2.86. The Morgan fingerprint density at radius 1 is 1.04 bits per heavy atom. The number of hydrogen-bond acceptors (Lipinski definition) is 3. The number of nitrogens with one attached hydrogen (secondary N) is 1. The van der Waals surface area contributed by atoms with Crippen molar-refractivity contribution in [3.8, 4) is 11.3 Å². The fourth-order valence-corrected chi connectivity index (χ4v) is 2.42. The van der Waals surface area contributed by atoms with E-state index in [2.05, 4.69) is 15.3 Å². The molecule has 0 fully saturated rings. The summed E-state index contributed by atoms with van der Waals surface area (Å²) in [5.41, 5.74) is 4.33. The zero-order chi connectivity index (χ0) is 17.6. The van der Waals surface area contributed by atoms with Gasteiger partial charge in [0.1, 0.15) is 12.1 Å². The van der Waals surface area contributed by atoms with Gasteiger partial charge >= 0.3 is 0 Å². The monoisotopic (exact) mass is 335 g/mol. The summed E-state index contributed by atoms with van der Waals surface area (Å²) in [4.78, 5) is 20.4. The normalized spacial score (nSPS) is 10.5. The maximum Gasteiger partial charge on any atom is 0.224 e. The first-order valence-electron chi connectivity index (χ1n) is 7.99. The number of aromatic nitrogens is 2. The van der Waals surface area contributed by atoms with Gasteiger partial charge in [0.05, 0.1) is 24.4 Å². The molecule has 1 aromatic heterocycles. The van der Waals surface area contributed by atoms with E-state index < -0.39 is 0 Å². The molecule has 5 heteroatoms. The molecule has 1 heterocycles. The lowest BCUT2D eigenvalue weighted by Gasteiger charge is -2.07. The average Bonchev–Trinajstić information content (AvgIpc) is 2.63. The second-order valence-electron chi connectivity index (χ2n) is 5.84. The van der Waals surface area contributed by atoms with Crippen LogP contribution in [0, 0.1) is 12.7 Å². The van der Waals surface area contributed by atoms with Crippen molar-refractivity contribution in [3.05, 3.63) is 83.6 Å². The van der Waals surface area contributed by atoms with E-state index in [1.165, 1.54) is 24.0 Å². The van der Waals surface area contributed by atoms with Gasteiger partial charge < -0.3 is 5.32 Å². The Kier molecular flexibility index (Phi) is 5.14. The van der Waals surface area contributed by atoms with Crippen molar-refractivity contribution in [1.29, 1.82) is 0 Å². The molecule has 25 heavy (non-hydrogen) atoms. The van der Waals surface area contributed by atoms with Gasteiger partial charge in [-0.1, -0.05) is 29.8 Å². The van der Waals surface area contributed by atoms with Crippen molar-refractivity contribution >= 4 is 5.91 Å². The van der Waals surface area contributed by atoms with Crippen LogP contribution in [-0.2, 0) is 17.8 Å². The van der Waals surface area contributed by atoms with Crippen LogP contribution in [-0.4, -0.2) is 15.9 Å². The van der Waals surface area contributed by atoms with Crippen molar-refractivity contribution in [3.63, 3.8) is 0 Å². The van der Waals surface area contributed by atoms with Gasteiger partial charge in [-0.3, -0.25) is 4.79 Å². The van der Waals surface area contributed by atoms with Gasteiger partial charge in [0.15, 0.2) is 0 Å². The highest BCUT2D eigenvalue weighted by Gasteiger charge is 2.06. The lowest BCUT2D eigenvalue weighted by Crippen LogP contribution is -2.25. The third-order valence-corrected chi connectivity index (χ3v) is 3.82. The van der Waals surface area contributed by atoms with Crippen molar-refractivity contribution in [2.45, 2.75) is 19.9 Å². The van der Waals surface area contributed by atoms with Gasteiger partial charge in [-0.25, -0.2) is 14.4 Å². The number of carbonyl (C=O) groups is 1.